The monoisotopic (exact) mass is 266 g/mol. The molecule has 0 saturated heterocycles. The van der Waals surface area contributed by atoms with Gasteiger partial charge in [0, 0.05) is 27.4 Å². The number of nitrogens with two attached hydrogens (primary N) is 1. The van der Waals surface area contributed by atoms with Gasteiger partial charge in [-0.1, -0.05) is 0 Å². The summed E-state index contributed by atoms with van der Waals surface area (Å²) in [5.74, 6) is 6.57. The van der Waals surface area contributed by atoms with Crippen molar-refractivity contribution in [2.24, 2.45) is 12.9 Å². The first kappa shape index (κ1) is 13.7. The minimum Gasteiger partial charge on any atom is -0.385 e. The van der Waals surface area contributed by atoms with Gasteiger partial charge in [0.05, 0.1) is 11.6 Å². The number of aromatic nitrogens is 4. The van der Waals surface area contributed by atoms with E-state index in [2.05, 4.69) is 20.5 Å². The van der Waals surface area contributed by atoms with E-state index in [1.165, 1.54) is 0 Å². The van der Waals surface area contributed by atoms with Crippen LogP contribution < -0.4 is 11.3 Å². The highest BCUT2D eigenvalue weighted by Crippen LogP contribution is 2.18. The molecule has 0 unspecified atom stereocenters. The molecule has 0 spiro atoms. The zero-order valence-corrected chi connectivity index (χ0v) is 11.1. The first-order valence-corrected chi connectivity index (χ1v) is 5.98. The predicted octanol–water partition coefficient (Wildman–Crippen LogP) is 0.202. The molecule has 2 aromatic rings. The van der Waals surface area contributed by atoms with Crippen LogP contribution in [0.3, 0.4) is 0 Å². The third kappa shape index (κ3) is 3.16. The average Bonchev–Trinajstić information content (AvgIpc) is 2.80. The fourth-order valence-corrected chi connectivity index (χ4v) is 1.71. The molecule has 104 valence electrons. The van der Waals surface area contributed by atoms with Crippen molar-refractivity contribution in [3.8, 4) is 0 Å². The van der Waals surface area contributed by atoms with Crippen LogP contribution >= 0.6 is 0 Å². The highest BCUT2D eigenvalue weighted by Gasteiger charge is 2.10. The van der Waals surface area contributed by atoms with Crippen molar-refractivity contribution in [1.29, 1.82) is 0 Å². The molecule has 0 saturated carbocycles. The van der Waals surface area contributed by atoms with Crippen molar-refractivity contribution < 1.29 is 9.47 Å². The number of aryl methyl sites for hydroxylation is 1. The molecule has 3 N–H and O–H groups in total. The number of fused-ring (bicyclic) bond motifs is 1. The number of nitrogen functional groups attached to an aromatic ring is 1. The Morgan fingerprint density at radius 2 is 2.21 bits per heavy atom. The summed E-state index contributed by atoms with van der Waals surface area (Å²) in [6.07, 6.45) is 2.51. The molecule has 19 heavy (non-hydrogen) atoms. The van der Waals surface area contributed by atoms with Crippen LogP contribution in [-0.2, 0) is 23.1 Å². The van der Waals surface area contributed by atoms with Gasteiger partial charge in [-0.25, -0.2) is 15.8 Å². The lowest BCUT2D eigenvalue weighted by atomic mass is 10.4. The lowest BCUT2D eigenvalue weighted by molar-refractivity contribution is 0.0892. The number of rotatable bonds is 7. The Morgan fingerprint density at radius 1 is 1.37 bits per heavy atom. The van der Waals surface area contributed by atoms with E-state index >= 15 is 0 Å². The number of ether oxygens (including phenoxy) is 2. The first-order valence-electron chi connectivity index (χ1n) is 5.98. The van der Waals surface area contributed by atoms with Gasteiger partial charge in [0.15, 0.2) is 17.3 Å². The highest BCUT2D eigenvalue weighted by atomic mass is 16.5. The molecule has 8 nitrogen and oxygen atoms in total. The average molecular weight is 266 g/mol. The molecule has 0 aliphatic rings. The second kappa shape index (κ2) is 6.41. The van der Waals surface area contributed by atoms with E-state index in [4.69, 9.17) is 15.3 Å². The van der Waals surface area contributed by atoms with Gasteiger partial charge >= 0.3 is 0 Å². The minimum absolute atomic E-state index is 0.333. The number of nitrogens with one attached hydrogen (secondary N) is 1. The van der Waals surface area contributed by atoms with Crippen molar-refractivity contribution in [2.75, 3.05) is 25.7 Å². The van der Waals surface area contributed by atoms with Gasteiger partial charge in [-0.2, -0.15) is 5.10 Å². The van der Waals surface area contributed by atoms with Crippen LogP contribution in [0.5, 0.6) is 0 Å². The Labute approximate surface area is 110 Å². The van der Waals surface area contributed by atoms with Crippen LogP contribution in [-0.4, -0.2) is 40.1 Å². The van der Waals surface area contributed by atoms with Gasteiger partial charge < -0.3 is 14.9 Å². The number of anilines is 1. The molecule has 0 aliphatic carbocycles. The number of nitrogens with zero attached hydrogens (tertiary/aromatic N) is 4. The smallest absolute Gasteiger partial charge is 0.163 e. The second-order valence-corrected chi connectivity index (χ2v) is 4.04. The molecule has 0 radical (unpaired) electrons. The Kier molecular flexibility index (Phi) is 4.61. The van der Waals surface area contributed by atoms with Crippen LogP contribution in [0.2, 0.25) is 0 Å². The lowest BCUT2D eigenvalue weighted by Crippen LogP contribution is -2.12. The van der Waals surface area contributed by atoms with Crippen molar-refractivity contribution in [3.63, 3.8) is 0 Å². The van der Waals surface area contributed by atoms with E-state index in [9.17, 15) is 0 Å². The number of methoxy groups -OCH3 is 1. The van der Waals surface area contributed by atoms with Gasteiger partial charge in [0.1, 0.15) is 6.61 Å². The van der Waals surface area contributed by atoms with Gasteiger partial charge in [0.25, 0.3) is 0 Å². The fourth-order valence-electron chi connectivity index (χ4n) is 1.71. The lowest BCUT2D eigenvalue weighted by Gasteiger charge is -2.06. The van der Waals surface area contributed by atoms with Crippen LogP contribution in [0.4, 0.5) is 5.82 Å². The summed E-state index contributed by atoms with van der Waals surface area (Å²) in [4.78, 5) is 8.69. The Hall–Kier alpha value is -1.77. The molecule has 2 heterocycles. The molecule has 2 rings (SSSR count). The third-order valence-electron chi connectivity index (χ3n) is 2.64. The molecular formula is C11H18N6O2. The molecule has 8 heteroatoms. The summed E-state index contributed by atoms with van der Waals surface area (Å²) < 4.78 is 12.1. The molecule has 0 fully saturated rings. The first-order chi connectivity index (χ1) is 9.26. The van der Waals surface area contributed by atoms with Crippen LogP contribution in [0.15, 0.2) is 6.20 Å². The molecule has 0 bridgehead atoms. The van der Waals surface area contributed by atoms with E-state index in [-0.39, 0.29) is 0 Å². The van der Waals surface area contributed by atoms with Crippen molar-refractivity contribution in [1.82, 2.24) is 19.7 Å². The number of hydrogen-bond donors (Lipinski definition) is 2. The van der Waals surface area contributed by atoms with Crippen molar-refractivity contribution in [2.45, 2.75) is 13.0 Å². The van der Waals surface area contributed by atoms with Crippen LogP contribution in [0.25, 0.3) is 11.0 Å². The van der Waals surface area contributed by atoms with Crippen LogP contribution in [0.1, 0.15) is 12.2 Å². The fraction of sp³-hybridized carbons (Fsp3) is 0.545. The Morgan fingerprint density at radius 3 is 2.95 bits per heavy atom. The van der Waals surface area contributed by atoms with E-state index in [0.29, 0.717) is 31.5 Å². The maximum atomic E-state index is 5.48. The summed E-state index contributed by atoms with van der Waals surface area (Å²) in [7, 11) is 3.48. The summed E-state index contributed by atoms with van der Waals surface area (Å²) in [6, 6.07) is 0. The van der Waals surface area contributed by atoms with E-state index < -0.39 is 0 Å². The maximum Gasteiger partial charge on any atom is 0.163 e. The van der Waals surface area contributed by atoms with Crippen molar-refractivity contribution >= 4 is 16.9 Å². The second-order valence-electron chi connectivity index (χ2n) is 4.04. The molecule has 0 amide bonds. The summed E-state index contributed by atoms with van der Waals surface area (Å²) in [5.41, 5.74) is 3.28. The third-order valence-corrected chi connectivity index (χ3v) is 2.64. The molecule has 0 aromatic carbocycles. The van der Waals surface area contributed by atoms with Gasteiger partial charge in [-0.3, -0.25) is 4.68 Å². The van der Waals surface area contributed by atoms with Gasteiger partial charge in [0.2, 0.25) is 0 Å². The van der Waals surface area contributed by atoms with E-state index in [1.807, 2.05) is 7.05 Å². The molecule has 0 atom stereocenters. The topological polar surface area (TPSA) is 100 Å². The van der Waals surface area contributed by atoms with Gasteiger partial charge in [-0.05, 0) is 6.42 Å². The quantitative estimate of drug-likeness (QED) is 0.419. The summed E-state index contributed by atoms with van der Waals surface area (Å²) >= 11 is 0. The van der Waals surface area contributed by atoms with Crippen LogP contribution in [0, 0.1) is 0 Å². The number of hydrazine groups is 1. The number of hydrogen-bond acceptors (Lipinski definition) is 7. The van der Waals surface area contributed by atoms with Gasteiger partial charge in [-0.15, -0.1) is 0 Å². The molecule has 2 aromatic heterocycles. The Balaban J connectivity index is 2.08. The Bertz CT molecular complexity index is 541. The normalized spacial score (nSPS) is 11.1. The predicted molar refractivity (Wildman–Crippen MR) is 70.3 cm³/mol. The highest BCUT2D eigenvalue weighted by molar-refractivity contribution is 5.86. The molecule has 0 aliphatic heterocycles. The van der Waals surface area contributed by atoms with Crippen molar-refractivity contribution in [3.05, 3.63) is 12.0 Å². The van der Waals surface area contributed by atoms with E-state index in [1.54, 1.807) is 18.0 Å². The zero-order valence-electron chi connectivity index (χ0n) is 11.1. The summed E-state index contributed by atoms with van der Waals surface area (Å²) in [5, 5.41) is 4.91. The zero-order chi connectivity index (χ0) is 13.7. The molecular weight excluding hydrogens is 248 g/mol. The van der Waals surface area contributed by atoms with E-state index in [0.717, 1.165) is 17.5 Å². The maximum absolute atomic E-state index is 5.48. The largest absolute Gasteiger partial charge is 0.385 e. The standard InChI is InChI=1S/C11H18N6O2/c1-17-11-8(6-13-17)10(16-12)14-9(15-11)7-19-5-3-4-18-2/h6H,3-5,7,12H2,1-2H3,(H,14,15,16). The summed E-state index contributed by atoms with van der Waals surface area (Å²) in [6.45, 7) is 1.61. The SMILES string of the molecule is COCCCOCc1nc(NN)c2cnn(C)c2n1. The minimum atomic E-state index is 0.333.